The van der Waals surface area contributed by atoms with Gasteiger partial charge in [-0.15, -0.1) is 11.3 Å². The van der Waals surface area contributed by atoms with Crippen LogP contribution < -0.4 is 30.9 Å². The van der Waals surface area contributed by atoms with Crippen LogP contribution in [0, 0.1) is 19.3 Å². The van der Waals surface area contributed by atoms with Crippen LogP contribution in [-0.4, -0.2) is 153 Å². The number of aryl methyl sites for hydroxylation is 2. The molecule has 3 aromatic carbocycles. The molecule has 5 N–H and O–H groups in total. The zero-order valence-electron chi connectivity index (χ0n) is 53.1. The lowest BCUT2D eigenvalue weighted by Crippen LogP contribution is -2.57. The Morgan fingerprint density at radius 3 is 2.01 bits per heavy atom. The van der Waals surface area contributed by atoms with Crippen LogP contribution in [0.5, 0.6) is 5.75 Å². The number of sulfone groups is 1. The molecule has 88 heavy (non-hydrogen) atoms. The van der Waals surface area contributed by atoms with Crippen molar-refractivity contribution in [3.8, 4) is 16.2 Å². The third-order valence-electron chi connectivity index (χ3n) is 17.0. The van der Waals surface area contributed by atoms with E-state index in [4.69, 9.17) is 4.74 Å². The van der Waals surface area contributed by atoms with Crippen LogP contribution in [0.4, 0.5) is 29.0 Å². The molecule has 0 radical (unpaired) electrons. The van der Waals surface area contributed by atoms with Crippen molar-refractivity contribution in [2.45, 2.75) is 199 Å². The van der Waals surface area contributed by atoms with E-state index < -0.39 is 38.7 Å². The molecule has 22 heteroatoms. The number of rotatable bonds is 28. The summed E-state index contributed by atoms with van der Waals surface area (Å²) in [6, 6.07) is 17.6. The van der Waals surface area contributed by atoms with Gasteiger partial charge in [-0.05, 0) is 108 Å². The Bertz CT molecular complexity index is 3250. The summed E-state index contributed by atoms with van der Waals surface area (Å²) in [5.74, 6) is 0.537. The Morgan fingerprint density at radius 2 is 1.40 bits per heavy atom. The molecule has 1 unspecified atom stereocenters. The van der Waals surface area contributed by atoms with E-state index in [0.717, 1.165) is 143 Å². The van der Waals surface area contributed by atoms with Gasteiger partial charge in [0.05, 0.1) is 49.8 Å². The summed E-state index contributed by atoms with van der Waals surface area (Å²) in [5, 5.41) is 22.4. The number of piperazine rings is 1. The highest BCUT2D eigenvalue weighted by Crippen LogP contribution is 2.38. The average molecular weight is 1250 g/mol. The molecular weight excluding hydrogens is 1150 g/mol. The van der Waals surface area contributed by atoms with Gasteiger partial charge in [-0.2, -0.15) is 4.98 Å². The van der Waals surface area contributed by atoms with Crippen molar-refractivity contribution in [1.29, 1.82) is 0 Å². The Morgan fingerprint density at radius 1 is 0.773 bits per heavy atom. The van der Waals surface area contributed by atoms with Crippen molar-refractivity contribution in [2.24, 2.45) is 5.41 Å². The minimum atomic E-state index is -3.56. The van der Waals surface area contributed by atoms with E-state index in [-0.39, 0.29) is 66.0 Å². The number of carbonyl (C=O) groups is 4. The molecule has 2 aromatic heterocycles. The van der Waals surface area contributed by atoms with E-state index in [2.05, 4.69) is 75.0 Å². The van der Waals surface area contributed by atoms with Gasteiger partial charge in [-0.25, -0.2) is 23.4 Å². The maximum atomic E-state index is 14.1. The molecule has 0 spiro atoms. The van der Waals surface area contributed by atoms with Crippen molar-refractivity contribution >= 4 is 73.8 Å². The first-order valence-corrected chi connectivity index (χ1v) is 34.2. The standard InChI is InChI=1S/C66H94N12O8S2/c1-44(2)86-56-39-54(46(5)37-53(56)72-65-69-42-68-64(74-65)71-52-21-19-20-22-57(52)88(84,85)45(3)4)76-31-29-50(30-32-76)75-33-35-77(36-34-75)59(81)24-18-16-14-12-10-11-13-15-17-23-58(80)73-61(66(7,8)9)63(83)78-41-51(79)38-55(78)62(82)67-40-48-25-27-49(28-26-48)60-47(6)70-43-87-60/h19-22,25-28,37,39,42-45,50-51,55,61,79H,10-18,23-24,29-36,38,40-41H2,1-9H3,(H,67,82)(H,73,80)(H2,68,69,71,72,74)/t51-,55+,61?/m1/s1. The molecule has 3 saturated heterocycles. The summed E-state index contributed by atoms with van der Waals surface area (Å²) < 4.78 is 32.5. The number of aromatic nitrogens is 4. The largest absolute Gasteiger partial charge is 0.489 e. The number of anilines is 5. The van der Waals surface area contributed by atoms with Gasteiger partial charge in [0.25, 0.3) is 0 Å². The first-order valence-electron chi connectivity index (χ1n) is 31.7. The normalized spacial score (nSPS) is 17.3. The number of likely N-dealkylation sites (tertiary alicyclic amines) is 1. The van der Waals surface area contributed by atoms with Gasteiger partial charge in [0.1, 0.15) is 24.2 Å². The van der Waals surface area contributed by atoms with Crippen molar-refractivity contribution in [1.82, 2.24) is 45.3 Å². The number of hydrogen-bond donors (Lipinski definition) is 5. The fourth-order valence-electron chi connectivity index (χ4n) is 12.0. The third kappa shape index (κ3) is 18.2. The molecule has 20 nitrogen and oxygen atoms in total. The SMILES string of the molecule is Cc1cc(Nc2ncnc(Nc3ccccc3S(=O)(=O)C(C)C)n2)c(OC(C)C)cc1N1CCC(N2CCN(C(=O)CCCCCCCCCCCC(=O)NC(C(=O)N3C[C@H](O)C[C@H]3C(=O)NCc3ccc(-c4scnc4C)cc3)C(C)(C)C)CC2)CC1. The zero-order chi connectivity index (χ0) is 63.1. The number of nitrogens with zero attached hydrogens (tertiary/aromatic N) is 8. The van der Waals surface area contributed by atoms with Crippen LogP contribution in [0.15, 0.2) is 77.4 Å². The monoisotopic (exact) mass is 1250 g/mol. The Hall–Kier alpha value is -6.75. The second-order valence-corrected chi connectivity index (χ2v) is 28.9. The summed E-state index contributed by atoms with van der Waals surface area (Å²) in [7, 11) is -3.56. The topological polar surface area (TPSA) is 245 Å². The van der Waals surface area contributed by atoms with Crippen molar-refractivity contribution in [3.63, 3.8) is 0 Å². The van der Waals surface area contributed by atoms with E-state index >= 15 is 0 Å². The number of para-hydroxylation sites is 1. The molecule has 4 amide bonds. The molecule has 3 fully saturated rings. The van der Waals surface area contributed by atoms with Gasteiger partial charge in [-0.3, -0.25) is 24.1 Å². The first kappa shape index (κ1) is 67.2. The molecular formula is C66H94N12O8S2. The minimum Gasteiger partial charge on any atom is -0.489 e. The predicted octanol–water partition coefficient (Wildman–Crippen LogP) is 10.3. The summed E-state index contributed by atoms with van der Waals surface area (Å²) in [5.41, 5.74) is 7.45. The van der Waals surface area contributed by atoms with Gasteiger partial charge in [0.15, 0.2) is 9.84 Å². The maximum absolute atomic E-state index is 14.1. The van der Waals surface area contributed by atoms with E-state index in [1.165, 1.54) is 11.2 Å². The highest BCUT2D eigenvalue weighted by atomic mass is 32.2. The molecule has 0 bridgehead atoms. The number of thiazole rings is 1. The molecule has 8 rings (SSSR count). The fourth-order valence-corrected chi connectivity index (χ4v) is 14.0. The summed E-state index contributed by atoms with van der Waals surface area (Å²) in [6.07, 6.45) is 12.6. The molecule has 3 aliphatic rings. The summed E-state index contributed by atoms with van der Waals surface area (Å²) in [6.45, 7) is 22.5. The lowest BCUT2D eigenvalue weighted by Gasteiger charge is -2.43. The summed E-state index contributed by atoms with van der Waals surface area (Å²) >= 11 is 1.58. The molecule has 3 atom stereocenters. The van der Waals surface area contributed by atoms with Crippen LogP contribution in [0.1, 0.15) is 155 Å². The highest BCUT2D eigenvalue weighted by Gasteiger charge is 2.44. The van der Waals surface area contributed by atoms with E-state index in [0.29, 0.717) is 36.0 Å². The Balaban J connectivity index is 0.681. The zero-order valence-corrected chi connectivity index (χ0v) is 54.8. The number of hydrogen-bond acceptors (Lipinski definition) is 17. The summed E-state index contributed by atoms with van der Waals surface area (Å²) in [4.78, 5) is 81.5. The van der Waals surface area contributed by atoms with E-state index in [9.17, 15) is 32.7 Å². The molecule has 5 aromatic rings. The number of nitrogens with one attached hydrogen (secondary N) is 4. The van der Waals surface area contributed by atoms with Gasteiger partial charge in [-0.1, -0.05) is 102 Å². The number of aliphatic hydroxyl groups excluding tert-OH is 1. The second-order valence-electron chi connectivity index (χ2n) is 25.5. The number of ether oxygens (including phenoxy) is 1. The first-order chi connectivity index (χ1) is 42.0. The third-order valence-corrected chi connectivity index (χ3v) is 20.2. The van der Waals surface area contributed by atoms with Gasteiger partial charge >= 0.3 is 0 Å². The number of unbranched alkanes of at least 4 members (excludes halogenated alkanes) is 8. The fraction of sp³-hybridized carbons (Fsp3) is 0.576. The van der Waals surface area contributed by atoms with E-state index in [1.54, 1.807) is 49.4 Å². The van der Waals surface area contributed by atoms with Crippen LogP contribution in [0.25, 0.3) is 10.4 Å². The number of benzene rings is 3. The molecule has 478 valence electrons. The van der Waals surface area contributed by atoms with E-state index in [1.807, 2.05) is 71.3 Å². The van der Waals surface area contributed by atoms with Crippen molar-refractivity contribution in [2.75, 3.05) is 61.3 Å². The molecule has 5 heterocycles. The molecule has 3 aliphatic heterocycles. The van der Waals surface area contributed by atoms with Gasteiger partial charge < -0.3 is 45.8 Å². The van der Waals surface area contributed by atoms with Crippen LogP contribution in [0.3, 0.4) is 0 Å². The highest BCUT2D eigenvalue weighted by molar-refractivity contribution is 7.92. The Kier molecular flexibility index (Phi) is 23.8. The maximum Gasteiger partial charge on any atom is 0.246 e. The lowest BCUT2D eigenvalue weighted by molar-refractivity contribution is -0.144. The Labute approximate surface area is 525 Å². The van der Waals surface area contributed by atoms with Crippen molar-refractivity contribution < 1.29 is 37.4 Å². The molecule has 0 saturated carbocycles. The second kappa shape index (κ2) is 31.1. The smallest absolute Gasteiger partial charge is 0.246 e. The minimum absolute atomic E-state index is 0.0319. The molecule has 0 aliphatic carbocycles. The van der Waals surface area contributed by atoms with Crippen LogP contribution in [0.2, 0.25) is 0 Å². The number of carbonyl (C=O) groups excluding carboxylic acids is 4. The van der Waals surface area contributed by atoms with Crippen LogP contribution in [-0.2, 0) is 35.6 Å². The number of amides is 4. The number of β-amino-alcohol motifs (C(OH)–C–C–N with tert-alkyl or cyclic N) is 1. The number of aliphatic hydroxyl groups is 1. The van der Waals surface area contributed by atoms with Crippen LogP contribution >= 0.6 is 11.3 Å². The lowest BCUT2D eigenvalue weighted by atomic mass is 9.85. The van der Waals surface area contributed by atoms with Gasteiger partial charge in [0.2, 0.25) is 35.5 Å². The predicted molar refractivity (Wildman–Crippen MR) is 348 cm³/mol. The quantitative estimate of drug-likeness (QED) is 0.0292. The average Bonchev–Trinajstić information content (AvgIpc) is 3.04. The number of piperidine rings is 1. The van der Waals surface area contributed by atoms with Crippen molar-refractivity contribution in [3.05, 3.63) is 89.3 Å². The van der Waals surface area contributed by atoms with Gasteiger partial charge in [0, 0.05) is 89.4 Å².